The van der Waals surface area contributed by atoms with E-state index in [1.54, 1.807) is 0 Å². The minimum absolute atomic E-state index is 0. The highest BCUT2D eigenvalue weighted by Gasteiger charge is 2.16. The maximum Gasteiger partial charge on any atom is 0.240 e. The van der Waals surface area contributed by atoms with Crippen molar-refractivity contribution >= 4 is 55.1 Å². The van der Waals surface area contributed by atoms with Crippen molar-refractivity contribution in [1.29, 1.82) is 0 Å². The summed E-state index contributed by atoms with van der Waals surface area (Å²) in [7, 11) is -3.37. The number of likely N-dealkylation sites (N-methyl/N-ethyl adjacent to an activating group) is 1. The monoisotopic (exact) mass is 473 g/mol. The number of anilines is 2. The van der Waals surface area contributed by atoms with Gasteiger partial charge in [-0.25, -0.2) is 26.5 Å². The highest BCUT2D eigenvalue weighted by molar-refractivity contribution is 7.92. The van der Waals surface area contributed by atoms with E-state index in [9.17, 15) is 16.8 Å². The Balaban J connectivity index is 0.00000320. The van der Waals surface area contributed by atoms with Crippen LogP contribution < -0.4 is 14.3 Å². The van der Waals surface area contributed by atoms with Gasteiger partial charge in [0.15, 0.2) is 0 Å². The highest BCUT2D eigenvalue weighted by Crippen LogP contribution is 2.20. The van der Waals surface area contributed by atoms with Crippen LogP contribution in [-0.2, 0) is 27.1 Å². The Morgan fingerprint density at radius 2 is 1.67 bits per heavy atom. The van der Waals surface area contributed by atoms with Crippen molar-refractivity contribution in [3.8, 4) is 0 Å². The lowest BCUT2D eigenvalue weighted by atomic mass is 10.3. The zero-order valence-electron chi connectivity index (χ0n) is 16.7. The van der Waals surface area contributed by atoms with Crippen LogP contribution in [0.5, 0.6) is 0 Å². The van der Waals surface area contributed by atoms with Gasteiger partial charge in [-0.1, -0.05) is 12.1 Å². The minimum Gasteiger partial charge on any atom is -0.344 e. The van der Waals surface area contributed by atoms with E-state index in [0.29, 0.717) is 12.2 Å². The van der Waals surface area contributed by atoms with E-state index < -0.39 is 20.0 Å². The van der Waals surface area contributed by atoms with Crippen LogP contribution in [0.3, 0.4) is 0 Å². The maximum atomic E-state index is 12.5. The van der Waals surface area contributed by atoms with Crippen molar-refractivity contribution < 1.29 is 16.8 Å². The van der Waals surface area contributed by atoms with Crippen LogP contribution in [-0.4, -0.2) is 52.8 Å². The third kappa shape index (κ3) is 5.63. The molecule has 12 heteroatoms. The summed E-state index contributed by atoms with van der Waals surface area (Å²) in [6.07, 6.45) is 1.03. The van der Waals surface area contributed by atoms with Gasteiger partial charge in [0.2, 0.25) is 26.0 Å². The fraction of sp³-hybridized carbons (Fsp3) is 0.278. The first-order valence-corrected chi connectivity index (χ1v) is 12.1. The predicted molar refractivity (Wildman–Crippen MR) is 121 cm³/mol. The summed E-state index contributed by atoms with van der Waals surface area (Å²) in [5, 5.41) is 0. The molecular formula is C18H24ClN5O4S2. The minimum atomic E-state index is -3.71. The summed E-state index contributed by atoms with van der Waals surface area (Å²) in [5.41, 5.74) is 2.17. The van der Waals surface area contributed by atoms with E-state index >= 15 is 0 Å². The second kappa shape index (κ2) is 9.21. The summed E-state index contributed by atoms with van der Waals surface area (Å²) < 4.78 is 54.2. The molecule has 0 aliphatic heterocycles. The van der Waals surface area contributed by atoms with Crippen LogP contribution in [0, 0.1) is 0 Å². The Morgan fingerprint density at radius 3 is 2.27 bits per heavy atom. The average Bonchev–Trinajstić information content (AvgIpc) is 2.98. The van der Waals surface area contributed by atoms with E-state index in [1.807, 2.05) is 47.8 Å². The highest BCUT2D eigenvalue weighted by atomic mass is 35.5. The summed E-state index contributed by atoms with van der Waals surface area (Å²) in [4.78, 5) is 6.51. The summed E-state index contributed by atoms with van der Waals surface area (Å²) in [6, 6.07) is 13.3. The number of para-hydroxylation sites is 2. The number of sulfonamides is 2. The Bertz CT molecular complexity index is 1230. The molecule has 0 aliphatic rings. The fourth-order valence-corrected chi connectivity index (χ4v) is 4.51. The number of halogens is 1. The Labute approximate surface area is 182 Å². The van der Waals surface area contributed by atoms with E-state index in [4.69, 9.17) is 0 Å². The normalized spacial score (nSPS) is 11.8. The second-order valence-electron chi connectivity index (χ2n) is 6.68. The van der Waals surface area contributed by atoms with Crippen molar-refractivity contribution in [1.82, 2.24) is 14.3 Å². The number of imidazole rings is 1. The number of hydrogen-bond donors (Lipinski definition) is 2. The molecule has 3 aromatic rings. The number of nitrogens with zero attached hydrogens (tertiary/aromatic N) is 3. The molecule has 3 rings (SSSR count). The van der Waals surface area contributed by atoms with E-state index in [2.05, 4.69) is 14.4 Å². The van der Waals surface area contributed by atoms with Gasteiger partial charge in [-0.2, -0.15) is 0 Å². The van der Waals surface area contributed by atoms with Crippen LogP contribution in [0.1, 0.15) is 0 Å². The number of fused-ring (bicyclic) bond motifs is 1. The van der Waals surface area contributed by atoms with Gasteiger partial charge in [0.1, 0.15) is 0 Å². The molecule has 0 fully saturated rings. The Hall–Kier alpha value is -2.34. The van der Waals surface area contributed by atoms with Crippen molar-refractivity contribution in [2.45, 2.75) is 4.90 Å². The number of benzene rings is 2. The maximum absolute atomic E-state index is 12.5. The van der Waals surface area contributed by atoms with E-state index in [1.165, 1.54) is 24.3 Å². The Kier molecular flexibility index (Phi) is 7.35. The molecular weight excluding hydrogens is 450 g/mol. The summed E-state index contributed by atoms with van der Waals surface area (Å²) >= 11 is 0. The standard InChI is InChI=1S/C18H23N5O4S2.ClH/c1-22(18-20-16-6-4-5-7-17(16)23(18)2)13-12-19-29(26,27)15-10-8-14(9-11-15)21-28(3,24)25;/h4-11,19,21H,12-13H2,1-3H3;1H. The van der Waals surface area contributed by atoms with Gasteiger partial charge in [0, 0.05) is 32.9 Å². The predicted octanol–water partition coefficient (Wildman–Crippen LogP) is 1.78. The van der Waals surface area contributed by atoms with Crippen LogP contribution >= 0.6 is 12.4 Å². The van der Waals surface area contributed by atoms with Gasteiger partial charge in [0.05, 0.1) is 22.2 Å². The Morgan fingerprint density at radius 1 is 1.03 bits per heavy atom. The number of aryl methyl sites for hydroxylation is 1. The van der Waals surface area contributed by atoms with Crippen molar-refractivity contribution in [3.05, 3.63) is 48.5 Å². The smallest absolute Gasteiger partial charge is 0.240 e. The van der Waals surface area contributed by atoms with Gasteiger partial charge in [-0.15, -0.1) is 12.4 Å². The van der Waals surface area contributed by atoms with Crippen LogP contribution in [0.4, 0.5) is 11.6 Å². The topological polar surface area (TPSA) is 113 Å². The molecule has 0 atom stereocenters. The van der Waals surface area contributed by atoms with Crippen molar-refractivity contribution in [3.63, 3.8) is 0 Å². The SMILES string of the molecule is CN(CCNS(=O)(=O)c1ccc(NS(C)(=O)=O)cc1)c1nc2ccccc2n1C.Cl. The third-order valence-electron chi connectivity index (χ3n) is 4.31. The first kappa shape index (κ1) is 23.9. The van der Waals surface area contributed by atoms with E-state index in [-0.39, 0.29) is 23.8 Å². The molecule has 9 nitrogen and oxygen atoms in total. The molecule has 2 aromatic carbocycles. The lowest BCUT2D eigenvalue weighted by molar-refractivity contribution is 0.581. The first-order chi connectivity index (χ1) is 13.6. The zero-order valence-corrected chi connectivity index (χ0v) is 19.2. The zero-order chi connectivity index (χ0) is 21.2. The molecule has 0 radical (unpaired) electrons. The molecule has 2 N–H and O–H groups in total. The van der Waals surface area contributed by atoms with Gasteiger partial charge in [-0.05, 0) is 36.4 Å². The number of aromatic nitrogens is 2. The summed E-state index contributed by atoms with van der Waals surface area (Å²) in [6.45, 7) is 0.607. The van der Waals surface area contributed by atoms with Gasteiger partial charge in [0.25, 0.3) is 0 Å². The van der Waals surface area contributed by atoms with Crippen LogP contribution in [0.2, 0.25) is 0 Å². The molecule has 1 aromatic heterocycles. The molecule has 164 valence electrons. The molecule has 30 heavy (non-hydrogen) atoms. The van der Waals surface area contributed by atoms with Gasteiger partial charge >= 0.3 is 0 Å². The molecule has 0 amide bonds. The lowest BCUT2D eigenvalue weighted by Gasteiger charge is -2.18. The van der Waals surface area contributed by atoms with E-state index in [0.717, 1.165) is 23.2 Å². The number of nitrogens with one attached hydrogen (secondary N) is 2. The molecule has 0 aliphatic carbocycles. The van der Waals surface area contributed by atoms with Crippen LogP contribution in [0.25, 0.3) is 11.0 Å². The fourth-order valence-electron chi connectivity index (χ4n) is 2.92. The number of rotatable bonds is 8. The van der Waals surface area contributed by atoms with Gasteiger partial charge in [-0.3, -0.25) is 4.72 Å². The lowest BCUT2D eigenvalue weighted by Crippen LogP contribution is -2.34. The molecule has 1 heterocycles. The molecule has 0 saturated carbocycles. The molecule has 0 bridgehead atoms. The van der Waals surface area contributed by atoms with Crippen molar-refractivity contribution in [2.24, 2.45) is 7.05 Å². The van der Waals surface area contributed by atoms with Gasteiger partial charge < -0.3 is 9.47 Å². The van der Waals surface area contributed by atoms with Crippen molar-refractivity contribution in [2.75, 3.05) is 36.0 Å². The molecule has 0 spiro atoms. The molecule has 0 unspecified atom stereocenters. The average molecular weight is 474 g/mol. The second-order valence-corrected chi connectivity index (χ2v) is 10.2. The first-order valence-electron chi connectivity index (χ1n) is 8.77. The summed E-state index contributed by atoms with van der Waals surface area (Å²) in [5.74, 6) is 0.738. The third-order valence-corrected chi connectivity index (χ3v) is 6.40. The van der Waals surface area contributed by atoms with Crippen LogP contribution in [0.15, 0.2) is 53.4 Å². The number of hydrogen-bond acceptors (Lipinski definition) is 6. The molecule has 0 saturated heterocycles. The quantitative estimate of drug-likeness (QED) is 0.515. The largest absolute Gasteiger partial charge is 0.344 e.